The molecule has 2 aliphatic heterocycles. The Morgan fingerprint density at radius 3 is 2.57 bits per heavy atom. The molecule has 150 valence electrons. The molecule has 2 fully saturated rings. The summed E-state index contributed by atoms with van der Waals surface area (Å²) in [4.78, 5) is 17.3. The first-order valence-corrected chi connectivity index (χ1v) is 10.4. The fourth-order valence-electron chi connectivity index (χ4n) is 4.31. The summed E-state index contributed by atoms with van der Waals surface area (Å²) in [5, 5.41) is 14.2. The standard InChI is InChI=1S/C22H30N4O2/c1-17-4-6-18(7-5-17)15-24-10-2-3-19(16-24)26-22(28)13-20(14-23-26)25-11-8-21(27)9-12-25/h4-7,13-14,19,21,27H,2-3,8-12,15-16H2,1H3. The van der Waals surface area contributed by atoms with Gasteiger partial charge in [-0.1, -0.05) is 29.8 Å². The van der Waals surface area contributed by atoms with Crippen molar-refractivity contribution in [2.45, 2.75) is 51.3 Å². The molecule has 28 heavy (non-hydrogen) atoms. The van der Waals surface area contributed by atoms with E-state index in [1.54, 1.807) is 10.7 Å². The first-order valence-electron chi connectivity index (χ1n) is 10.4. The third kappa shape index (κ3) is 4.45. The Bertz CT molecular complexity index is 840. The van der Waals surface area contributed by atoms with Crippen molar-refractivity contribution in [1.29, 1.82) is 0 Å². The average Bonchev–Trinajstić information content (AvgIpc) is 2.70. The van der Waals surface area contributed by atoms with Gasteiger partial charge in [-0.2, -0.15) is 5.10 Å². The lowest BCUT2D eigenvalue weighted by atomic mass is 10.0. The lowest BCUT2D eigenvalue weighted by molar-refractivity contribution is 0.145. The number of hydrogen-bond donors (Lipinski definition) is 1. The zero-order valence-corrected chi connectivity index (χ0v) is 16.6. The molecule has 1 aromatic heterocycles. The molecular weight excluding hydrogens is 352 g/mol. The lowest BCUT2D eigenvalue weighted by Gasteiger charge is -2.34. The van der Waals surface area contributed by atoms with Crippen molar-refractivity contribution in [2.75, 3.05) is 31.1 Å². The van der Waals surface area contributed by atoms with Crippen molar-refractivity contribution >= 4 is 5.69 Å². The van der Waals surface area contributed by atoms with E-state index < -0.39 is 0 Å². The minimum absolute atomic E-state index is 0.0224. The second-order valence-corrected chi connectivity index (χ2v) is 8.23. The summed E-state index contributed by atoms with van der Waals surface area (Å²) in [6.07, 6.45) is 5.17. The Morgan fingerprint density at radius 2 is 1.86 bits per heavy atom. The number of aliphatic hydroxyl groups excluding tert-OH is 1. The smallest absolute Gasteiger partial charge is 0.269 e. The van der Waals surface area contributed by atoms with E-state index in [1.165, 1.54) is 11.1 Å². The number of aliphatic hydroxyl groups is 1. The van der Waals surface area contributed by atoms with Crippen LogP contribution in [-0.4, -0.2) is 52.1 Å². The highest BCUT2D eigenvalue weighted by molar-refractivity contribution is 5.43. The number of aromatic nitrogens is 2. The molecule has 0 spiro atoms. The number of benzene rings is 1. The normalized spacial score (nSPS) is 21.8. The molecule has 2 saturated heterocycles. The zero-order valence-electron chi connectivity index (χ0n) is 16.6. The minimum atomic E-state index is -0.216. The van der Waals surface area contributed by atoms with Crippen molar-refractivity contribution in [1.82, 2.24) is 14.7 Å². The van der Waals surface area contributed by atoms with Crippen LogP contribution in [0, 0.1) is 6.92 Å². The largest absolute Gasteiger partial charge is 0.393 e. The van der Waals surface area contributed by atoms with Crippen LogP contribution in [0.25, 0.3) is 0 Å². The lowest BCUT2D eigenvalue weighted by Crippen LogP contribution is -2.41. The van der Waals surface area contributed by atoms with Crippen LogP contribution >= 0.6 is 0 Å². The van der Waals surface area contributed by atoms with Crippen LogP contribution in [0.4, 0.5) is 5.69 Å². The molecule has 3 heterocycles. The summed E-state index contributed by atoms with van der Waals surface area (Å²) in [5.41, 5.74) is 3.44. The highest BCUT2D eigenvalue weighted by Gasteiger charge is 2.24. The van der Waals surface area contributed by atoms with E-state index in [1.807, 2.05) is 6.20 Å². The van der Waals surface area contributed by atoms with Crippen LogP contribution in [0.15, 0.2) is 41.3 Å². The van der Waals surface area contributed by atoms with Gasteiger partial charge in [-0.25, -0.2) is 4.68 Å². The summed E-state index contributed by atoms with van der Waals surface area (Å²) in [7, 11) is 0. The quantitative estimate of drug-likeness (QED) is 0.880. The molecule has 6 nitrogen and oxygen atoms in total. The van der Waals surface area contributed by atoms with Gasteiger partial charge in [0.1, 0.15) is 0 Å². The zero-order chi connectivity index (χ0) is 19.5. The van der Waals surface area contributed by atoms with E-state index in [0.717, 1.165) is 64.1 Å². The van der Waals surface area contributed by atoms with Gasteiger partial charge in [0.25, 0.3) is 5.56 Å². The predicted molar refractivity (Wildman–Crippen MR) is 111 cm³/mol. The Morgan fingerprint density at radius 1 is 1.11 bits per heavy atom. The Kier molecular flexibility index (Phi) is 5.78. The first-order chi connectivity index (χ1) is 13.6. The fraction of sp³-hybridized carbons (Fsp3) is 0.545. The van der Waals surface area contributed by atoms with Crippen molar-refractivity contribution in [3.8, 4) is 0 Å². The molecule has 1 unspecified atom stereocenters. The van der Waals surface area contributed by atoms with Gasteiger partial charge in [0.15, 0.2) is 0 Å². The Hall–Kier alpha value is -2.18. The molecule has 0 saturated carbocycles. The first kappa shape index (κ1) is 19.2. The molecule has 6 heteroatoms. The molecule has 4 rings (SSSR count). The summed E-state index contributed by atoms with van der Waals surface area (Å²) in [6.45, 7) is 6.50. The molecule has 1 N–H and O–H groups in total. The third-order valence-corrected chi connectivity index (χ3v) is 5.99. The van der Waals surface area contributed by atoms with Gasteiger partial charge in [-0.15, -0.1) is 0 Å². The molecule has 0 amide bonds. The van der Waals surface area contributed by atoms with Crippen molar-refractivity contribution in [2.24, 2.45) is 0 Å². The number of aryl methyl sites for hydroxylation is 1. The molecule has 0 aliphatic carbocycles. The second kappa shape index (κ2) is 8.45. The molecule has 0 bridgehead atoms. The van der Waals surface area contributed by atoms with Gasteiger partial charge >= 0.3 is 0 Å². The van der Waals surface area contributed by atoms with Crippen LogP contribution in [0.5, 0.6) is 0 Å². The number of rotatable bonds is 4. The van der Waals surface area contributed by atoms with E-state index in [2.05, 4.69) is 46.1 Å². The van der Waals surface area contributed by atoms with Crippen LogP contribution in [-0.2, 0) is 6.54 Å². The maximum atomic E-state index is 12.8. The van der Waals surface area contributed by atoms with Crippen molar-refractivity contribution in [3.63, 3.8) is 0 Å². The van der Waals surface area contributed by atoms with Gasteiger partial charge in [-0.05, 0) is 44.7 Å². The van der Waals surface area contributed by atoms with E-state index in [-0.39, 0.29) is 17.7 Å². The summed E-state index contributed by atoms with van der Waals surface area (Å²) < 4.78 is 1.67. The van der Waals surface area contributed by atoms with E-state index in [9.17, 15) is 9.90 Å². The van der Waals surface area contributed by atoms with Gasteiger partial charge in [0.05, 0.1) is 24.0 Å². The number of anilines is 1. The number of nitrogens with zero attached hydrogens (tertiary/aromatic N) is 4. The molecule has 2 aromatic rings. The predicted octanol–water partition coefficient (Wildman–Crippen LogP) is 2.35. The molecule has 1 atom stereocenters. The summed E-state index contributed by atoms with van der Waals surface area (Å²) in [5.74, 6) is 0. The van der Waals surface area contributed by atoms with Crippen LogP contribution in [0.3, 0.4) is 0 Å². The highest BCUT2D eigenvalue weighted by atomic mass is 16.3. The molecule has 1 aromatic carbocycles. The molecule has 0 radical (unpaired) electrons. The monoisotopic (exact) mass is 382 g/mol. The van der Waals surface area contributed by atoms with E-state index in [0.29, 0.717) is 0 Å². The number of likely N-dealkylation sites (tertiary alicyclic amines) is 1. The molecule has 2 aliphatic rings. The third-order valence-electron chi connectivity index (χ3n) is 5.99. The average molecular weight is 383 g/mol. The maximum absolute atomic E-state index is 12.8. The minimum Gasteiger partial charge on any atom is -0.393 e. The van der Waals surface area contributed by atoms with Crippen molar-refractivity contribution in [3.05, 3.63) is 58.0 Å². The second-order valence-electron chi connectivity index (χ2n) is 8.23. The van der Waals surface area contributed by atoms with Crippen LogP contribution in [0.2, 0.25) is 0 Å². The number of piperidine rings is 2. The SMILES string of the molecule is Cc1ccc(CN2CCCC(n3ncc(N4CCC(O)CC4)cc3=O)C2)cc1. The van der Waals surface area contributed by atoms with Crippen LogP contribution in [0.1, 0.15) is 42.9 Å². The summed E-state index contributed by atoms with van der Waals surface area (Å²) >= 11 is 0. The fourth-order valence-corrected chi connectivity index (χ4v) is 4.31. The van der Waals surface area contributed by atoms with E-state index in [4.69, 9.17) is 0 Å². The topological polar surface area (TPSA) is 61.6 Å². The maximum Gasteiger partial charge on any atom is 0.269 e. The summed E-state index contributed by atoms with van der Waals surface area (Å²) in [6, 6.07) is 10.5. The Balaban J connectivity index is 1.43. The highest BCUT2D eigenvalue weighted by Crippen LogP contribution is 2.23. The van der Waals surface area contributed by atoms with Gasteiger partial charge in [0.2, 0.25) is 0 Å². The van der Waals surface area contributed by atoms with Crippen LogP contribution < -0.4 is 10.5 Å². The van der Waals surface area contributed by atoms with Gasteiger partial charge in [0, 0.05) is 32.2 Å². The molecular formula is C22H30N4O2. The Labute approximate surface area is 166 Å². The number of hydrogen-bond acceptors (Lipinski definition) is 5. The van der Waals surface area contributed by atoms with E-state index >= 15 is 0 Å². The van der Waals surface area contributed by atoms with Crippen molar-refractivity contribution < 1.29 is 5.11 Å². The van der Waals surface area contributed by atoms with Gasteiger partial charge in [-0.3, -0.25) is 9.69 Å². The van der Waals surface area contributed by atoms with Gasteiger partial charge < -0.3 is 10.0 Å².